The number of aryl methyl sites for hydroxylation is 1. The average molecular weight is 239 g/mol. The van der Waals surface area contributed by atoms with Crippen LogP contribution in [0.15, 0.2) is 0 Å². The van der Waals surface area contributed by atoms with E-state index in [0.29, 0.717) is 18.3 Å². The van der Waals surface area contributed by atoms with Crippen LogP contribution in [0.3, 0.4) is 0 Å². The molecule has 17 heavy (non-hydrogen) atoms. The Morgan fingerprint density at radius 1 is 1.53 bits per heavy atom. The Labute approximate surface area is 102 Å². The fourth-order valence-corrected chi connectivity index (χ4v) is 1.60. The third-order valence-corrected chi connectivity index (χ3v) is 2.86. The first-order chi connectivity index (χ1) is 8.01. The highest BCUT2D eigenvalue weighted by molar-refractivity contribution is 5.92. The second kappa shape index (κ2) is 5.70. The maximum atomic E-state index is 11.6. The number of carbonyl (C=O) groups is 1. The van der Waals surface area contributed by atoms with Crippen molar-refractivity contribution in [3.63, 3.8) is 0 Å². The van der Waals surface area contributed by atoms with E-state index in [-0.39, 0.29) is 5.69 Å². The molecule has 2 N–H and O–H groups in total. The summed E-state index contributed by atoms with van der Waals surface area (Å²) >= 11 is 0. The van der Waals surface area contributed by atoms with Gasteiger partial charge in [-0.15, -0.1) is 0 Å². The van der Waals surface area contributed by atoms with Gasteiger partial charge < -0.3 is 15.0 Å². The lowest BCUT2D eigenvalue weighted by atomic mass is 10.1. The predicted molar refractivity (Wildman–Crippen MR) is 66.8 cm³/mol. The fraction of sp³-hybridized carbons (Fsp3) is 0.667. The van der Waals surface area contributed by atoms with Crippen molar-refractivity contribution in [1.82, 2.24) is 9.55 Å². The molecule has 0 amide bonds. The number of anilines is 1. The molecular formula is C12H21N3O2. The van der Waals surface area contributed by atoms with Crippen LogP contribution in [-0.4, -0.2) is 22.1 Å². The minimum Gasteiger partial charge on any atom is -0.461 e. The highest BCUT2D eigenvalue weighted by Crippen LogP contribution is 2.18. The minimum absolute atomic E-state index is 0.229. The molecule has 5 heteroatoms. The van der Waals surface area contributed by atoms with Crippen LogP contribution >= 0.6 is 0 Å². The SMILES string of the molecule is CCOC(=O)c1nc(C)n(CC(C)CC)c1N. The summed E-state index contributed by atoms with van der Waals surface area (Å²) in [5, 5.41) is 0. The second-order valence-corrected chi connectivity index (χ2v) is 4.24. The van der Waals surface area contributed by atoms with E-state index in [1.165, 1.54) is 0 Å². The summed E-state index contributed by atoms with van der Waals surface area (Å²) in [7, 11) is 0. The zero-order valence-electron chi connectivity index (χ0n) is 11.0. The first kappa shape index (κ1) is 13.5. The van der Waals surface area contributed by atoms with Gasteiger partial charge in [0.2, 0.25) is 0 Å². The molecule has 0 saturated heterocycles. The molecule has 0 aliphatic carbocycles. The summed E-state index contributed by atoms with van der Waals surface area (Å²) in [4.78, 5) is 15.8. The van der Waals surface area contributed by atoms with E-state index in [0.717, 1.165) is 18.8 Å². The van der Waals surface area contributed by atoms with Crippen LogP contribution in [0.1, 0.15) is 43.5 Å². The highest BCUT2D eigenvalue weighted by atomic mass is 16.5. The lowest BCUT2D eigenvalue weighted by molar-refractivity contribution is 0.0521. The quantitative estimate of drug-likeness (QED) is 0.798. The number of nitrogen functional groups attached to an aromatic ring is 1. The topological polar surface area (TPSA) is 70.1 Å². The Balaban J connectivity index is 2.97. The fourth-order valence-electron chi connectivity index (χ4n) is 1.60. The monoisotopic (exact) mass is 239 g/mol. The van der Waals surface area contributed by atoms with E-state index < -0.39 is 5.97 Å². The van der Waals surface area contributed by atoms with Crippen molar-refractivity contribution in [2.45, 2.75) is 40.7 Å². The van der Waals surface area contributed by atoms with Crippen molar-refractivity contribution in [3.05, 3.63) is 11.5 Å². The van der Waals surface area contributed by atoms with Crippen LogP contribution in [-0.2, 0) is 11.3 Å². The van der Waals surface area contributed by atoms with Gasteiger partial charge in [0.15, 0.2) is 5.69 Å². The molecule has 0 aliphatic heterocycles. The summed E-state index contributed by atoms with van der Waals surface area (Å²) < 4.78 is 6.79. The van der Waals surface area contributed by atoms with E-state index in [1.54, 1.807) is 6.92 Å². The van der Waals surface area contributed by atoms with Gasteiger partial charge in [-0.1, -0.05) is 20.3 Å². The summed E-state index contributed by atoms with van der Waals surface area (Å²) in [5.41, 5.74) is 6.17. The van der Waals surface area contributed by atoms with E-state index in [4.69, 9.17) is 10.5 Å². The van der Waals surface area contributed by atoms with Crippen molar-refractivity contribution in [1.29, 1.82) is 0 Å². The van der Waals surface area contributed by atoms with Gasteiger partial charge >= 0.3 is 5.97 Å². The number of nitrogens with zero attached hydrogens (tertiary/aromatic N) is 2. The van der Waals surface area contributed by atoms with E-state index in [9.17, 15) is 4.79 Å². The molecule has 1 aromatic rings. The third-order valence-electron chi connectivity index (χ3n) is 2.86. The van der Waals surface area contributed by atoms with Crippen molar-refractivity contribution >= 4 is 11.8 Å². The first-order valence-corrected chi connectivity index (χ1v) is 6.00. The van der Waals surface area contributed by atoms with Gasteiger partial charge in [-0.05, 0) is 19.8 Å². The number of ether oxygens (including phenoxy) is 1. The zero-order valence-corrected chi connectivity index (χ0v) is 11.0. The summed E-state index contributed by atoms with van der Waals surface area (Å²) in [6.07, 6.45) is 1.06. The molecule has 0 fully saturated rings. The molecule has 0 spiro atoms. The Kier molecular flexibility index (Phi) is 4.54. The highest BCUT2D eigenvalue weighted by Gasteiger charge is 2.20. The largest absolute Gasteiger partial charge is 0.461 e. The second-order valence-electron chi connectivity index (χ2n) is 4.24. The lowest BCUT2D eigenvalue weighted by Gasteiger charge is -2.12. The van der Waals surface area contributed by atoms with Gasteiger partial charge in [-0.3, -0.25) is 0 Å². The van der Waals surface area contributed by atoms with Crippen molar-refractivity contribution in [3.8, 4) is 0 Å². The number of carbonyl (C=O) groups excluding carboxylic acids is 1. The number of imidazole rings is 1. The van der Waals surface area contributed by atoms with Crippen molar-refractivity contribution < 1.29 is 9.53 Å². The molecule has 1 atom stereocenters. The lowest BCUT2D eigenvalue weighted by Crippen LogP contribution is -2.13. The third kappa shape index (κ3) is 2.99. The van der Waals surface area contributed by atoms with Gasteiger partial charge in [0.25, 0.3) is 0 Å². The number of esters is 1. The summed E-state index contributed by atoms with van der Waals surface area (Å²) in [6, 6.07) is 0. The predicted octanol–water partition coefficient (Wildman–Crippen LogP) is 2.00. The molecule has 5 nitrogen and oxygen atoms in total. The van der Waals surface area contributed by atoms with Crippen LogP contribution in [0, 0.1) is 12.8 Å². The molecule has 0 aliphatic rings. The summed E-state index contributed by atoms with van der Waals surface area (Å²) in [6.45, 7) is 8.98. The zero-order chi connectivity index (χ0) is 13.0. The Morgan fingerprint density at radius 2 is 2.18 bits per heavy atom. The first-order valence-electron chi connectivity index (χ1n) is 6.00. The Morgan fingerprint density at radius 3 is 2.71 bits per heavy atom. The maximum Gasteiger partial charge on any atom is 0.360 e. The Hall–Kier alpha value is -1.52. The van der Waals surface area contributed by atoms with Gasteiger partial charge in [-0.2, -0.15) is 0 Å². The van der Waals surface area contributed by atoms with Crippen molar-refractivity contribution in [2.24, 2.45) is 5.92 Å². The maximum absolute atomic E-state index is 11.6. The minimum atomic E-state index is -0.448. The van der Waals surface area contributed by atoms with Crippen LogP contribution in [0.25, 0.3) is 0 Å². The molecule has 0 saturated carbocycles. The number of nitrogens with two attached hydrogens (primary N) is 1. The average Bonchev–Trinajstić information content (AvgIpc) is 2.57. The molecule has 0 aromatic carbocycles. The Bertz CT molecular complexity index is 399. The van der Waals surface area contributed by atoms with Crippen LogP contribution in [0.5, 0.6) is 0 Å². The molecule has 1 aromatic heterocycles. The molecule has 1 unspecified atom stereocenters. The molecule has 0 radical (unpaired) electrons. The van der Waals surface area contributed by atoms with Crippen LogP contribution < -0.4 is 5.73 Å². The standard InChI is InChI=1S/C12H21N3O2/c1-5-8(3)7-15-9(4)14-10(11(15)13)12(16)17-6-2/h8H,5-7,13H2,1-4H3. The smallest absolute Gasteiger partial charge is 0.360 e. The van der Waals surface area contributed by atoms with Gasteiger partial charge in [0, 0.05) is 6.54 Å². The normalized spacial score (nSPS) is 12.5. The van der Waals surface area contributed by atoms with Crippen LogP contribution in [0.2, 0.25) is 0 Å². The van der Waals surface area contributed by atoms with Gasteiger partial charge in [0.05, 0.1) is 6.61 Å². The molecular weight excluding hydrogens is 218 g/mol. The van der Waals surface area contributed by atoms with Gasteiger partial charge in [-0.25, -0.2) is 9.78 Å². The summed E-state index contributed by atoms with van der Waals surface area (Å²) in [5.74, 6) is 1.21. The van der Waals surface area contributed by atoms with E-state index in [2.05, 4.69) is 18.8 Å². The number of rotatable bonds is 5. The molecule has 1 heterocycles. The van der Waals surface area contributed by atoms with E-state index >= 15 is 0 Å². The van der Waals surface area contributed by atoms with Crippen LogP contribution in [0.4, 0.5) is 5.82 Å². The molecule has 1 rings (SSSR count). The van der Waals surface area contributed by atoms with Crippen molar-refractivity contribution in [2.75, 3.05) is 12.3 Å². The van der Waals surface area contributed by atoms with Gasteiger partial charge in [0.1, 0.15) is 11.6 Å². The molecule has 0 bridgehead atoms. The van der Waals surface area contributed by atoms with E-state index in [1.807, 2.05) is 11.5 Å². The number of aromatic nitrogens is 2. The number of hydrogen-bond donors (Lipinski definition) is 1. The number of hydrogen-bond acceptors (Lipinski definition) is 4. The molecule has 96 valence electrons.